The summed E-state index contributed by atoms with van der Waals surface area (Å²) in [4.78, 5) is 5.05. The molecule has 0 saturated carbocycles. The maximum Gasteiger partial charge on any atom is 0.333 e. The molecule has 4 heterocycles. The number of hydrogen-bond donors (Lipinski definition) is 0. The Morgan fingerprint density at radius 3 is 1.59 bits per heavy atom. The van der Waals surface area contributed by atoms with Crippen LogP contribution < -0.4 is 20.7 Å². The number of hydrogen-bond acceptors (Lipinski definition) is 3. The van der Waals surface area contributed by atoms with E-state index in [9.17, 15) is 0 Å². The van der Waals surface area contributed by atoms with E-state index < -0.39 is 0 Å². The van der Waals surface area contributed by atoms with Crippen LogP contribution >= 0.6 is 0 Å². The largest absolute Gasteiger partial charge is 0.455 e. The Balaban J connectivity index is 1.12. The van der Waals surface area contributed by atoms with Gasteiger partial charge >= 0.3 is 6.85 Å². The molecule has 2 aliphatic heterocycles. The Kier molecular flexibility index (Phi) is 8.93. The molecule has 0 aliphatic carbocycles. The molecule has 0 spiro atoms. The average Bonchev–Trinajstić information content (AvgIpc) is 4.06. The second kappa shape index (κ2) is 16.0. The first-order valence-corrected chi connectivity index (χ1v) is 26.0. The van der Waals surface area contributed by atoms with E-state index in [2.05, 4.69) is 271 Å². The van der Waals surface area contributed by atoms with Gasteiger partial charge in [0.1, 0.15) is 11.2 Å². The lowest BCUT2D eigenvalue weighted by Crippen LogP contribution is -2.56. The molecule has 75 heavy (non-hydrogen) atoms. The van der Waals surface area contributed by atoms with Gasteiger partial charge in [0.2, 0.25) is 0 Å². The molecule has 0 amide bonds. The third-order valence-corrected chi connectivity index (χ3v) is 16.4. The Morgan fingerprint density at radius 2 is 0.947 bits per heavy atom. The topological polar surface area (TPSA) is 24.6 Å². The number of aryl methyl sites for hydroxylation is 2. The lowest BCUT2D eigenvalue weighted by molar-refractivity contribution is 0.673. The van der Waals surface area contributed by atoms with Gasteiger partial charge in [0.25, 0.3) is 0 Å². The first-order valence-electron chi connectivity index (χ1n) is 26.0. The first-order chi connectivity index (χ1) is 37.1. The Morgan fingerprint density at radius 1 is 0.400 bits per heavy atom. The number of benzene rings is 12. The van der Waals surface area contributed by atoms with Crippen molar-refractivity contribution in [3.63, 3.8) is 0 Å². The van der Waals surface area contributed by atoms with Gasteiger partial charge < -0.3 is 18.7 Å². The van der Waals surface area contributed by atoms with E-state index in [1.165, 1.54) is 82.3 Å². The molecule has 0 bridgehead atoms. The SMILES string of the molecule is Cc1c2ccccc2c(C)c2cc3c(cc12)B1c2c(cc(N(c4ccccc4)c4ccccc4)cc2N3c2cc(-c3ccccc3)cc(-c3ccccc3)c2)-c2cc3c4ccccc4oc3c3c4ccccc4n1c23. The smallest absolute Gasteiger partial charge is 0.333 e. The van der Waals surface area contributed by atoms with Crippen molar-refractivity contribution in [2.75, 3.05) is 9.80 Å². The van der Waals surface area contributed by atoms with Crippen molar-refractivity contribution in [3.8, 4) is 33.4 Å². The van der Waals surface area contributed by atoms with Crippen LogP contribution in [0.15, 0.2) is 247 Å². The number of aromatic nitrogens is 1. The van der Waals surface area contributed by atoms with E-state index in [0.717, 1.165) is 72.6 Å². The minimum atomic E-state index is -0.199. The summed E-state index contributed by atoms with van der Waals surface area (Å²) in [6.45, 7) is 4.43. The van der Waals surface area contributed by atoms with E-state index in [1.807, 2.05) is 0 Å². The summed E-state index contributed by atoms with van der Waals surface area (Å²) in [6.07, 6.45) is 0. The summed E-state index contributed by atoms with van der Waals surface area (Å²) < 4.78 is 9.69. The summed E-state index contributed by atoms with van der Waals surface area (Å²) in [7, 11) is 0. The highest BCUT2D eigenvalue weighted by atomic mass is 16.3. The van der Waals surface area contributed by atoms with E-state index in [-0.39, 0.29) is 6.85 Å². The second-order valence-corrected chi connectivity index (χ2v) is 20.4. The van der Waals surface area contributed by atoms with Crippen molar-refractivity contribution in [1.29, 1.82) is 0 Å². The monoisotopic (exact) mass is 955 g/mol. The minimum absolute atomic E-state index is 0.199. The molecule has 0 unspecified atom stereocenters. The van der Waals surface area contributed by atoms with Crippen molar-refractivity contribution in [1.82, 2.24) is 4.48 Å². The predicted octanol–water partition coefficient (Wildman–Crippen LogP) is 17.8. The fourth-order valence-corrected chi connectivity index (χ4v) is 13.1. The van der Waals surface area contributed by atoms with Gasteiger partial charge in [0.05, 0.1) is 5.39 Å². The van der Waals surface area contributed by atoms with E-state index in [0.29, 0.717) is 0 Å². The van der Waals surface area contributed by atoms with Crippen molar-refractivity contribution in [2.45, 2.75) is 13.8 Å². The maximum atomic E-state index is 7.02. The van der Waals surface area contributed by atoms with E-state index >= 15 is 0 Å². The first kappa shape index (κ1) is 42.0. The summed E-state index contributed by atoms with van der Waals surface area (Å²) in [6, 6.07) is 89.6. The molecule has 0 saturated heterocycles. The van der Waals surface area contributed by atoms with Gasteiger partial charge in [-0.25, -0.2) is 0 Å². The molecular formula is C70H46BN3O. The highest BCUT2D eigenvalue weighted by Crippen LogP contribution is 2.52. The third-order valence-electron chi connectivity index (χ3n) is 16.4. The number of anilines is 6. The lowest BCUT2D eigenvalue weighted by Gasteiger charge is -2.42. The van der Waals surface area contributed by atoms with Crippen LogP contribution in [0.1, 0.15) is 11.1 Å². The average molecular weight is 956 g/mol. The maximum absolute atomic E-state index is 7.02. The number of fused-ring (bicyclic) bond motifs is 13. The van der Waals surface area contributed by atoms with Gasteiger partial charge in [0, 0.05) is 66.9 Å². The molecule has 0 N–H and O–H groups in total. The number of nitrogens with zero attached hydrogens (tertiary/aromatic N) is 3. The van der Waals surface area contributed by atoms with Crippen LogP contribution in [0.2, 0.25) is 0 Å². The molecule has 14 aromatic rings. The highest BCUT2D eigenvalue weighted by molar-refractivity contribution is 6.90. The van der Waals surface area contributed by atoms with Gasteiger partial charge in [0.15, 0.2) is 0 Å². The van der Waals surface area contributed by atoms with E-state index in [4.69, 9.17) is 4.42 Å². The van der Waals surface area contributed by atoms with Crippen LogP contribution in [0.3, 0.4) is 0 Å². The van der Waals surface area contributed by atoms with Crippen LogP contribution in [-0.4, -0.2) is 11.3 Å². The van der Waals surface area contributed by atoms with Gasteiger partial charge in [-0.3, -0.25) is 0 Å². The minimum Gasteiger partial charge on any atom is -0.455 e. The second-order valence-electron chi connectivity index (χ2n) is 20.4. The zero-order valence-corrected chi connectivity index (χ0v) is 41.4. The fourth-order valence-electron chi connectivity index (χ4n) is 13.1. The summed E-state index contributed by atoms with van der Waals surface area (Å²) in [5.74, 6) is 0. The standard InChI is InChI=1S/C70H46BN3O/c1-43-53-29-15-16-30-54(53)44(2)58-42-64-62(41-57(43)58)71-68-59(60-40-61-55-31-18-20-34-66(55)75-70(61)67-56-32-17-19-33-63(56)74(71)69(60)67)38-52(72(49-25-11-5-12-26-49)50-27-13-6-14-28-50)39-65(68)73(64)51-36-47(45-21-7-3-8-22-45)35-48(37-51)46-23-9-4-10-24-46/h3-42H,1-2H3. The molecule has 350 valence electrons. The number of para-hydroxylation sites is 4. The zero-order valence-electron chi connectivity index (χ0n) is 41.4. The van der Waals surface area contributed by atoms with Crippen molar-refractivity contribution in [3.05, 3.63) is 254 Å². The molecule has 12 aromatic carbocycles. The summed E-state index contributed by atoms with van der Waals surface area (Å²) >= 11 is 0. The van der Waals surface area contributed by atoms with E-state index in [1.54, 1.807) is 0 Å². The van der Waals surface area contributed by atoms with Crippen LogP contribution in [0.25, 0.3) is 98.7 Å². The van der Waals surface area contributed by atoms with Crippen LogP contribution in [0.5, 0.6) is 0 Å². The zero-order chi connectivity index (χ0) is 49.5. The van der Waals surface area contributed by atoms with Crippen molar-refractivity contribution < 1.29 is 4.42 Å². The molecule has 16 rings (SSSR count). The number of furan rings is 1. The van der Waals surface area contributed by atoms with Crippen LogP contribution in [-0.2, 0) is 0 Å². The molecule has 5 heteroatoms. The summed E-state index contributed by atoms with van der Waals surface area (Å²) in [5.41, 5.74) is 23.0. The van der Waals surface area contributed by atoms with Crippen LogP contribution in [0.4, 0.5) is 34.1 Å². The summed E-state index contributed by atoms with van der Waals surface area (Å²) in [5, 5.41) is 9.70. The van der Waals surface area contributed by atoms with Gasteiger partial charge in [-0.05, 0) is 164 Å². The predicted molar refractivity (Wildman–Crippen MR) is 317 cm³/mol. The lowest BCUT2D eigenvalue weighted by atomic mass is 9.45. The Hall–Kier alpha value is -9.58. The van der Waals surface area contributed by atoms with Gasteiger partial charge in [-0.1, -0.05) is 164 Å². The molecule has 2 aliphatic rings. The molecule has 2 aromatic heterocycles. The quantitative estimate of drug-likeness (QED) is 0.123. The number of rotatable bonds is 6. The molecule has 0 atom stereocenters. The highest BCUT2D eigenvalue weighted by Gasteiger charge is 2.44. The van der Waals surface area contributed by atoms with Crippen molar-refractivity contribution in [2.24, 2.45) is 0 Å². The Labute approximate surface area is 434 Å². The molecular weight excluding hydrogens is 910 g/mol. The van der Waals surface area contributed by atoms with Crippen molar-refractivity contribution >= 4 is 117 Å². The third kappa shape index (κ3) is 6.07. The Bertz CT molecular complexity index is 4580. The van der Waals surface area contributed by atoms with Gasteiger partial charge in [-0.15, -0.1) is 0 Å². The van der Waals surface area contributed by atoms with Gasteiger partial charge in [-0.2, -0.15) is 0 Å². The van der Waals surface area contributed by atoms with Crippen LogP contribution in [0, 0.1) is 13.8 Å². The molecule has 0 radical (unpaired) electrons. The molecule has 0 fully saturated rings. The fraction of sp³-hybridized carbons (Fsp3) is 0.0286. The molecule has 4 nitrogen and oxygen atoms in total. The normalized spacial score (nSPS) is 12.6.